The number of H-pyrrole nitrogens is 1. The number of benzene rings is 1. The van der Waals surface area contributed by atoms with Crippen LogP contribution >= 0.6 is 0 Å². The number of hydrogen-bond donors (Lipinski definition) is 1. The van der Waals surface area contributed by atoms with E-state index in [1.807, 2.05) is 24.3 Å². The summed E-state index contributed by atoms with van der Waals surface area (Å²) in [5, 5.41) is 0.940. The first-order chi connectivity index (χ1) is 9.72. The maximum Gasteiger partial charge on any atom is 0.340 e. The van der Waals surface area contributed by atoms with Gasteiger partial charge in [0.1, 0.15) is 6.10 Å². The van der Waals surface area contributed by atoms with Gasteiger partial charge in [0.05, 0.1) is 5.56 Å². The van der Waals surface area contributed by atoms with E-state index in [-0.39, 0.29) is 12.1 Å². The van der Waals surface area contributed by atoms with Crippen molar-refractivity contribution >= 4 is 16.9 Å². The monoisotopic (exact) mass is 270 g/mol. The summed E-state index contributed by atoms with van der Waals surface area (Å²) in [6, 6.07) is 9.03. The number of carbonyl (C=O) groups excluding carboxylic acids is 1. The number of fused-ring (bicyclic) bond motifs is 3. The summed E-state index contributed by atoms with van der Waals surface area (Å²) in [7, 11) is 2.16. The highest BCUT2D eigenvalue weighted by Crippen LogP contribution is 2.38. The van der Waals surface area contributed by atoms with Crippen molar-refractivity contribution in [2.24, 2.45) is 0 Å². The minimum atomic E-state index is -0.198. The third kappa shape index (κ3) is 1.75. The molecule has 1 aromatic carbocycles. The summed E-state index contributed by atoms with van der Waals surface area (Å²) in [6.45, 7) is 0. The van der Waals surface area contributed by atoms with Crippen LogP contribution in [0.1, 0.15) is 29.6 Å². The lowest BCUT2D eigenvalue weighted by Crippen LogP contribution is -2.60. The molecule has 2 aromatic rings. The minimum absolute atomic E-state index is 0.0797. The SMILES string of the molecule is CN1C2CC(OC(=O)c3c[nH]c4ccccc34)CC1C2. The second-order valence-electron chi connectivity index (χ2n) is 5.96. The molecule has 3 heterocycles. The van der Waals surface area contributed by atoms with Gasteiger partial charge < -0.3 is 14.6 Å². The Labute approximate surface area is 117 Å². The molecule has 3 aliphatic rings. The van der Waals surface area contributed by atoms with Gasteiger partial charge in [0.15, 0.2) is 0 Å². The van der Waals surface area contributed by atoms with Crippen LogP contribution in [0.5, 0.6) is 0 Å². The van der Waals surface area contributed by atoms with E-state index in [1.54, 1.807) is 6.20 Å². The van der Waals surface area contributed by atoms with Crippen molar-refractivity contribution in [2.45, 2.75) is 37.5 Å². The lowest BCUT2D eigenvalue weighted by molar-refractivity contribution is -0.0735. The summed E-state index contributed by atoms with van der Waals surface area (Å²) in [5.74, 6) is -0.198. The lowest BCUT2D eigenvalue weighted by Gasteiger charge is -2.53. The first kappa shape index (κ1) is 12.0. The van der Waals surface area contributed by atoms with Gasteiger partial charge in [0.25, 0.3) is 0 Å². The van der Waals surface area contributed by atoms with Crippen LogP contribution in [0.2, 0.25) is 0 Å². The van der Waals surface area contributed by atoms with Crippen molar-refractivity contribution in [3.05, 3.63) is 36.0 Å². The third-order valence-corrected chi connectivity index (χ3v) is 4.85. The van der Waals surface area contributed by atoms with Crippen LogP contribution in [0, 0.1) is 0 Å². The first-order valence-electron chi connectivity index (χ1n) is 7.21. The average molecular weight is 270 g/mol. The van der Waals surface area contributed by atoms with Crippen LogP contribution in [0.15, 0.2) is 30.5 Å². The van der Waals surface area contributed by atoms with Gasteiger partial charge in [0.2, 0.25) is 0 Å². The molecule has 1 N–H and O–H groups in total. The van der Waals surface area contributed by atoms with Crippen molar-refractivity contribution in [1.29, 1.82) is 0 Å². The second-order valence-corrected chi connectivity index (χ2v) is 5.96. The number of nitrogens with zero attached hydrogens (tertiary/aromatic N) is 1. The van der Waals surface area contributed by atoms with Gasteiger partial charge in [-0.3, -0.25) is 0 Å². The molecule has 0 radical (unpaired) electrons. The largest absolute Gasteiger partial charge is 0.459 e. The van der Waals surface area contributed by atoms with Gasteiger partial charge in [-0.1, -0.05) is 18.2 Å². The molecule has 4 nitrogen and oxygen atoms in total. The number of para-hydroxylation sites is 1. The molecule has 2 atom stereocenters. The minimum Gasteiger partial charge on any atom is -0.459 e. The highest BCUT2D eigenvalue weighted by Gasteiger charge is 2.44. The summed E-state index contributed by atoms with van der Waals surface area (Å²) < 4.78 is 5.71. The van der Waals surface area contributed by atoms with Crippen LogP contribution in [0.3, 0.4) is 0 Å². The zero-order valence-electron chi connectivity index (χ0n) is 11.5. The molecule has 2 unspecified atom stereocenters. The van der Waals surface area contributed by atoms with E-state index in [4.69, 9.17) is 4.74 Å². The number of carbonyl (C=O) groups is 1. The molecule has 20 heavy (non-hydrogen) atoms. The molecule has 104 valence electrons. The molecule has 1 saturated carbocycles. The molecule has 1 aliphatic carbocycles. The van der Waals surface area contributed by atoms with Crippen molar-refractivity contribution in [3.8, 4) is 0 Å². The smallest absolute Gasteiger partial charge is 0.340 e. The first-order valence-corrected chi connectivity index (χ1v) is 7.21. The topological polar surface area (TPSA) is 45.3 Å². The van der Waals surface area contributed by atoms with Gasteiger partial charge in [-0.05, 0) is 19.5 Å². The molecule has 5 rings (SSSR count). The summed E-state index contributed by atoms with van der Waals surface area (Å²) in [4.78, 5) is 17.9. The molecule has 2 saturated heterocycles. The molecule has 2 bridgehead atoms. The molecule has 4 heteroatoms. The number of nitrogens with one attached hydrogen (secondary N) is 1. The average Bonchev–Trinajstić information content (AvgIpc) is 2.91. The van der Waals surface area contributed by atoms with Crippen molar-refractivity contribution in [2.75, 3.05) is 7.05 Å². The highest BCUT2D eigenvalue weighted by molar-refractivity contribution is 6.04. The second kappa shape index (κ2) is 4.35. The normalized spacial score (nSPS) is 29.1. The van der Waals surface area contributed by atoms with Crippen molar-refractivity contribution in [1.82, 2.24) is 9.88 Å². The molecule has 3 fully saturated rings. The van der Waals surface area contributed by atoms with E-state index in [0.29, 0.717) is 17.6 Å². The number of aromatic nitrogens is 1. The predicted molar refractivity (Wildman–Crippen MR) is 76.7 cm³/mol. The summed E-state index contributed by atoms with van der Waals surface area (Å²) in [5.41, 5.74) is 1.62. The Balaban J connectivity index is 1.51. The fourth-order valence-electron chi connectivity index (χ4n) is 3.59. The van der Waals surface area contributed by atoms with Crippen LogP contribution in [0.4, 0.5) is 0 Å². The van der Waals surface area contributed by atoms with Gasteiger partial charge >= 0.3 is 5.97 Å². The van der Waals surface area contributed by atoms with Crippen LogP contribution in [-0.2, 0) is 4.74 Å². The van der Waals surface area contributed by atoms with Gasteiger partial charge in [-0.2, -0.15) is 0 Å². The maximum absolute atomic E-state index is 12.3. The van der Waals surface area contributed by atoms with E-state index in [0.717, 1.165) is 23.7 Å². The molecular formula is C16H18N2O2. The standard InChI is InChI=1S/C16H18N2O2/c1-18-10-6-11(18)8-12(7-10)20-16(19)14-9-17-15-5-3-2-4-13(14)15/h2-5,9-12,17H,6-8H2,1H3. The number of rotatable bonds is 2. The number of piperidine rings is 1. The lowest BCUT2D eigenvalue weighted by atomic mass is 9.78. The Kier molecular flexibility index (Phi) is 2.60. The van der Waals surface area contributed by atoms with E-state index in [1.165, 1.54) is 6.42 Å². The number of aromatic amines is 1. The fraction of sp³-hybridized carbons (Fsp3) is 0.438. The van der Waals surface area contributed by atoms with Gasteiger partial charge in [-0.25, -0.2) is 4.79 Å². The highest BCUT2D eigenvalue weighted by atomic mass is 16.5. The third-order valence-electron chi connectivity index (χ3n) is 4.85. The maximum atomic E-state index is 12.3. The Bertz CT molecular complexity index is 651. The van der Waals surface area contributed by atoms with Crippen LogP contribution in [0.25, 0.3) is 10.9 Å². The predicted octanol–water partition coefficient (Wildman–Crippen LogP) is 2.56. The van der Waals surface area contributed by atoms with E-state index in [9.17, 15) is 4.79 Å². The van der Waals surface area contributed by atoms with E-state index >= 15 is 0 Å². The Morgan fingerprint density at radius 1 is 1.25 bits per heavy atom. The summed E-state index contributed by atoms with van der Waals surface area (Å²) >= 11 is 0. The quantitative estimate of drug-likeness (QED) is 0.853. The van der Waals surface area contributed by atoms with Crippen molar-refractivity contribution in [3.63, 3.8) is 0 Å². The molecule has 1 aromatic heterocycles. The van der Waals surface area contributed by atoms with Crippen molar-refractivity contribution < 1.29 is 9.53 Å². The number of hydrogen-bond acceptors (Lipinski definition) is 3. The Morgan fingerprint density at radius 2 is 2.00 bits per heavy atom. The fourth-order valence-corrected chi connectivity index (χ4v) is 3.59. The molecule has 0 amide bonds. The summed E-state index contributed by atoms with van der Waals surface area (Å²) in [6.07, 6.45) is 5.04. The zero-order valence-corrected chi connectivity index (χ0v) is 11.5. The van der Waals surface area contributed by atoms with Gasteiger partial charge in [0, 0.05) is 42.0 Å². The number of ether oxygens (including phenoxy) is 1. The molecule has 0 spiro atoms. The Hall–Kier alpha value is -1.81. The van der Waals surface area contributed by atoms with Gasteiger partial charge in [-0.15, -0.1) is 0 Å². The Morgan fingerprint density at radius 3 is 2.75 bits per heavy atom. The molecule has 2 aliphatic heterocycles. The zero-order chi connectivity index (χ0) is 13.7. The molecular weight excluding hydrogens is 252 g/mol. The van der Waals surface area contributed by atoms with Crippen LogP contribution < -0.4 is 0 Å². The number of esters is 1. The van der Waals surface area contributed by atoms with Crippen LogP contribution in [-0.4, -0.2) is 41.1 Å². The van der Waals surface area contributed by atoms with E-state index in [2.05, 4.69) is 16.9 Å². The van der Waals surface area contributed by atoms with E-state index < -0.39 is 0 Å².